The van der Waals surface area contributed by atoms with Gasteiger partial charge in [0.25, 0.3) is 0 Å². The zero-order valence-electron chi connectivity index (χ0n) is 13.5. The number of carboxylic acids is 1. The van der Waals surface area contributed by atoms with Crippen LogP contribution in [0.2, 0.25) is 0 Å². The second kappa shape index (κ2) is 7.49. The molecule has 0 bridgehead atoms. The lowest BCUT2D eigenvalue weighted by Crippen LogP contribution is -2.19. The van der Waals surface area contributed by atoms with Crippen LogP contribution in [0.5, 0.6) is 5.75 Å². The van der Waals surface area contributed by atoms with Gasteiger partial charge >= 0.3 is 5.97 Å². The molecular weight excluding hydrogens is 318 g/mol. The molecule has 0 unspecified atom stereocenters. The predicted octanol–water partition coefficient (Wildman–Crippen LogP) is 3.17. The number of aromatic nitrogens is 1. The molecule has 0 aliphatic rings. The Kier molecular flexibility index (Phi) is 4.95. The molecule has 126 valence electrons. The third-order valence-electron chi connectivity index (χ3n) is 3.75. The van der Waals surface area contributed by atoms with Crippen molar-refractivity contribution in [3.05, 3.63) is 100.0 Å². The van der Waals surface area contributed by atoms with E-state index < -0.39 is 11.4 Å². The van der Waals surface area contributed by atoms with E-state index in [9.17, 15) is 14.7 Å². The first-order valence-electron chi connectivity index (χ1n) is 7.82. The first kappa shape index (κ1) is 16.5. The van der Waals surface area contributed by atoms with Crippen LogP contribution >= 0.6 is 0 Å². The van der Waals surface area contributed by atoms with E-state index >= 15 is 0 Å². The normalized spacial score (nSPS) is 10.4. The van der Waals surface area contributed by atoms with Gasteiger partial charge in [-0.2, -0.15) is 0 Å². The summed E-state index contributed by atoms with van der Waals surface area (Å²) in [5.74, 6) is -1.02. The Labute approximate surface area is 144 Å². The molecule has 0 amide bonds. The highest BCUT2D eigenvalue weighted by Gasteiger charge is 2.14. The number of pyridine rings is 1. The topological polar surface area (TPSA) is 68.5 Å². The van der Waals surface area contributed by atoms with E-state index in [4.69, 9.17) is 4.74 Å². The molecular formula is C20H17NO4. The molecule has 3 aromatic rings. The maximum atomic E-state index is 12.2. The molecule has 1 aromatic heterocycles. The van der Waals surface area contributed by atoms with Crippen molar-refractivity contribution < 1.29 is 14.6 Å². The van der Waals surface area contributed by atoms with Crippen molar-refractivity contribution >= 4 is 5.97 Å². The summed E-state index contributed by atoms with van der Waals surface area (Å²) in [4.78, 5) is 23.6. The third kappa shape index (κ3) is 4.14. The van der Waals surface area contributed by atoms with Crippen molar-refractivity contribution in [1.29, 1.82) is 0 Å². The average Bonchev–Trinajstić information content (AvgIpc) is 2.63. The number of hydrogen-bond donors (Lipinski definition) is 1. The molecule has 0 aliphatic carbocycles. The molecule has 0 radical (unpaired) electrons. The van der Waals surface area contributed by atoms with Gasteiger partial charge in [-0.05, 0) is 11.1 Å². The van der Waals surface area contributed by atoms with Crippen LogP contribution in [0.3, 0.4) is 0 Å². The molecule has 1 heterocycles. The van der Waals surface area contributed by atoms with Crippen LogP contribution in [0.1, 0.15) is 21.6 Å². The van der Waals surface area contributed by atoms with Crippen molar-refractivity contribution in [2.45, 2.75) is 13.2 Å². The van der Waals surface area contributed by atoms with Crippen LogP contribution in [0.4, 0.5) is 0 Å². The number of rotatable bonds is 6. The van der Waals surface area contributed by atoms with Crippen LogP contribution in [0, 0.1) is 0 Å². The summed E-state index contributed by atoms with van der Waals surface area (Å²) in [6.45, 7) is 0.582. The lowest BCUT2D eigenvalue weighted by atomic mass is 10.2. The molecule has 1 N–H and O–H groups in total. The first-order valence-corrected chi connectivity index (χ1v) is 7.82. The number of carboxylic acid groups (broad SMARTS) is 1. The van der Waals surface area contributed by atoms with E-state index in [0.29, 0.717) is 6.54 Å². The van der Waals surface area contributed by atoms with E-state index in [1.54, 1.807) is 0 Å². The van der Waals surface area contributed by atoms with Gasteiger partial charge in [-0.1, -0.05) is 60.7 Å². The molecule has 0 aliphatic heterocycles. The van der Waals surface area contributed by atoms with Crippen molar-refractivity contribution in [1.82, 2.24) is 4.57 Å². The summed E-state index contributed by atoms with van der Waals surface area (Å²) in [6, 6.07) is 20.0. The largest absolute Gasteiger partial charge is 0.483 e. The highest BCUT2D eigenvalue weighted by molar-refractivity contribution is 5.85. The number of aromatic carboxylic acids is 1. The molecule has 0 atom stereocenters. The summed E-state index contributed by atoms with van der Waals surface area (Å²) >= 11 is 0. The summed E-state index contributed by atoms with van der Waals surface area (Å²) in [7, 11) is 0. The quantitative estimate of drug-likeness (QED) is 0.751. The number of carbonyl (C=O) groups is 1. The van der Waals surface area contributed by atoms with Gasteiger partial charge in [-0.3, -0.25) is 4.79 Å². The first-order chi connectivity index (χ1) is 12.1. The van der Waals surface area contributed by atoms with Crippen LogP contribution in [0.25, 0.3) is 0 Å². The molecule has 0 saturated heterocycles. The minimum atomic E-state index is -1.15. The van der Waals surface area contributed by atoms with E-state index in [0.717, 1.165) is 17.2 Å². The minimum Gasteiger partial charge on any atom is -0.483 e. The number of nitrogens with zero attached hydrogens (tertiary/aromatic N) is 1. The van der Waals surface area contributed by atoms with Gasteiger partial charge in [0.2, 0.25) is 5.43 Å². The standard InChI is InChI=1S/C20H17NO4/c22-18-11-17(20(23)24)21(12-15-7-3-1-4-8-15)13-19(18)25-14-16-9-5-2-6-10-16/h1-11,13H,12,14H2,(H,23,24). The molecule has 0 saturated carbocycles. The Bertz CT molecular complexity index is 917. The van der Waals surface area contributed by atoms with Gasteiger partial charge in [0, 0.05) is 12.6 Å². The van der Waals surface area contributed by atoms with Crippen molar-refractivity contribution in [2.24, 2.45) is 0 Å². The molecule has 0 fully saturated rings. The molecule has 3 rings (SSSR count). The Morgan fingerprint density at radius 3 is 2.16 bits per heavy atom. The Balaban J connectivity index is 1.90. The van der Waals surface area contributed by atoms with Gasteiger partial charge < -0.3 is 14.4 Å². The zero-order chi connectivity index (χ0) is 17.6. The van der Waals surface area contributed by atoms with E-state index in [1.165, 1.54) is 10.8 Å². The molecule has 5 nitrogen and oxygen atoms in total. The monoisotopic (exact) mass is 335 g/mol. The van der Waals surface area contributed by atoms with Crippen molar-refractivity contribution in [3.8, 4) is 5.75 Å². The fourth-order valence-corrected chi connectivity index (χ4v) is 2.49. The van der Waals surface area contributed by atoms with Crippen LogP contribution in [-0.4, -0.2) is 15.6 Å². The van der Waals surface area contributed by atoms with Crippen molar-refractivity contribution in [2.75, 3.05) is 0 Å². The third-order valence-corrected chi connectivity index (χ3v) is 3.75. The number of hydrogen-bond acceptors (Lipinski definition) is 3. The Hall–Kier alpha value is -3.34. The van der Waals surface area contributed by atoms with Crippen LogP contribution in [0.15, 0.2) is 77.7 Å². The maximum Gasteiger partial charge on any atom is 0.352 e. The van der Waals surface area contributed by atoms with Crippen LogP contribution < -0.4 is 10.2 Å². The summed E-state index contributed by atoms with van der Waals surface area (Å²) in [5, 5.41) is 9.37. The fourth-order valence-electron chi connectivity index (χ4n) is 2.49. The van der Waals surface area contributed by atoms with Crippen molar-refractivity contribution in [3.63, 3.8) is 0 Å². The number of benzene rings is 2. The second-order valence-corrected chi connectivity index (χ2v) is 5.58. The minimum absolute atomic E-state index is 0.0686. The van der Waals surface area contributed by atoms with E-state index in [2.05, 4.69) is 0 Å². The highest BCUT2D eigenvalue weighted by Crippen LogP contribution is 2.12. The predicted molar refractivity (Wildman–Crippen MR) is 94.0 cm³/mol. The van der Waals surface area contributed by atoms with Gasteiger partial charge in [0.15, 0.2) is 5.75 Å². The summed E-state index contributed by atoms with van der Waals surface area (Å²) < 4.78 is 7.12. The lowest BCUT2D eigenvalue weighted by molar-refractivity contribution is 0.0684. The SMILES string of the molecule is O=C(O)c1cc(=O)c(OCc2ccccc2)cn1Cc1ccccc1. The van der Waals surface area contributed by atoms with Gasteiger partial charge in [-0.15, -0.1) is 0 Å². The highest BCUT2D eigenvalue weighted by atomic mass is 16.5. The number of ether oxygens (including phenoxy) is 1. The smallest absolute Gasteiger partial charge is 0.352 e. The van der Waals surface area contributed by atoms with E-state index in [1.807, 2.05) is 60.7 Å². The van der Waals surface area contributed by atoms with E-state index in [-0.39, 0.29) is 18.1 Å². The van der Waals surface area contributed by atoms with Gasteiger partial charge in [0.05, 0.1) is 6.20 Å². The maximum absolute atomic E-state index is 12.2. The summed E-state index contributed by atoms with van der Waals surface area (Å²) in [5.41, 5.74) is 1.35. The molecule has 0 spiro atoms. The summed E-state index contributed by atoms with van der Waals surface area (Å²) in [6.07, 6.45) is 1.46. The lowest BCUT2D eigenvalue weighted by Gasteiger charge is -2.13. The van der Waals surface area contributed by atoms with Gasteiger partial charge in [0.1, 0.15) is 12.3 Å². The average molecular weight is 335 g/mol. The Morgan fingerprint density at radius 1 is 0.960 bits per heavy atom. The molecule has 2 aromatic carbocycles. The fraction of sp³-hybridized carbons (Fsp3) is 0.100. The molecule has 5 heteroatoms. The van der Waals surface area contributed by atoms with Gasteiger partial charge in [-0.25, -0.2) is 4.79 Å². The molecule has 25 heavy (non-hydrogen) atoms. The van der Waals surface area contributed by atoms with Crippen LogP contribution in [-0.2, 0) is 13.2 Å². The zero-order valence-corrected chi connectivity index (χ0v) is 13.5. The second-order valence-electron chi connectivity index (χ2n) is 5.58. The Morgan fingerprint density at radius 2 is 1.56 bits per heavy atom.